The average Bonchev–Trinajstić information content (AvgIpc) is 2.54. The summed E-state index contributed by atoms with van der Waals surface area (Å²) in [6.07, 6.45) is 17.1. The number of hydrogen-bond donors (Lipinski definition) is 2. The Morgan fingerprint density at radius 3 is 1.23 bits per heavy atom. The highest BCUT2D eigenvalue weighted by atomic mass is 16.4. The number of aliphatic carboxylic acids is 2. The Morgan fingerprint density at radius 1 is 0.615 bits per heavy atom. The van der Waals surface area contributed by atoms with Gasteiger partial charge in [-0.3, -0.25) is 9.59 Å². The molecule has 0 aromatic rings. The van der Waals surface area contributed by atoms with Crippen LogP contribution in [0.15, 0.2) is 12.2 Å². The van der Waals surface area contributed by atoms with Crippen molar-refractivity contribution >= 4 is 11.9 Å². The number of unbranched alkanes of at least 4 members (excludes halogenated alkanes) is 8. The molecule has 0 atom stereocenters. The van der Waals surface area contributed by atoms with Crippen LogP contribution < -0.4 is 0 Å². The van der Waals surface area contributed by atoms with Crippen molar-refractivity contribution < 1.29 is 19.8 Å². The second-order valence-corrected chi connectivity index (χ2v) is 8.76. The molecular weight excluding hydrogens is 328 g/mol. The Bertz CT molecular complexity index is 395. The highest BCUT2D eigenvalue weighted by Crippen LogP contribution is 2.25. The van der Waals surface area contributed by atoms with E-state index in [0.29, 0.717) is 0 Å². The fraction of sp³-hybridized carbons (Fsp3) is 0.818. The molecule has 0 spiro atoms. The predicted octanol–water partition coefficient (Wildman–Crippen LogP) is 6.45. The lowest BCUT2D eigenvalue weighted by atomic mass is 9.87. The number of carboxylic acid groups (broad SMARTS) is 2. The summed E-state index contributed by atoms with van der Waals surface area (Å²) in [6, 6.07) is 0. The zero-order chi connectivity index (χ0) is 20.1. The fourth-order valence-electron chi connectivity index (χ4n) is 2.81. The summed E-state index contributed by atoms with van der Waals surface area (Å²) in [4.78, 5) is 22.0. The third-order valence-corrected chi connectivity index (χ3v) is 5.17. The first-order valence-corrected chi connectivity index (χ1v) is 10.2. The van der Waals surface area contributed by atoms with Gasteiger partial charge in [0.1, 0.15) is 0 Å². The molecule has 0 saturated heterocycles. The average molecular weight is 369 g/mol. The van der Waals surface area contributed by atoms with Crippen molar-refractivity contribution in [3.63, 3.8) is 0 Å². The minimum atomic E-state index is -0.703. The van der Waals surface area contributed by atoms with Crippen LogP contribution >= 0.6 is 0 Å². The van der Waals surface area contributed by atoms with Crippen molar-refractivity contribution in [2.24, 2.45) is 10.8 Å². The Morgan fingerprint density at radius 2 is 0.923 bits per heavy atom. The minimum absolute atomic E-state index is 0.594. The summed E-state index contributed by atoms with van der Waals surface area (Å²) in [7, 11) is 0. The van der Waals surface area contributed by atoms with Gasteiger partial charge >= 0.3 is 11.9 Å². The highest BCUT2D eigenvalue weighted by Gasteiger charge is 2.26. The number of rotatable bonds is 16. The van der Waals surface area contributed by atoms with Crippen molar-refractivity contribution in [2.75, 3.05) is 0 Å². The van der Waals surface area contributed by atoms with E-state index in [1.807, 2.05) is 0 Å². The fourth-order valence-corrected chi connectivity index (χ4v) is 2.81. The van der Waals surface area contributed by atoms with Crippen LogP contribution in [0.25, 0.3) is 0 Å². The smallest absolute Gasteiger partial charge is 0.309 e. The van der Waals surface area contributed by atoms with Gasteiger partial charge in [0.25, 0.3) is 0 Å². The summed E-state index contributed by atoms with van der Waals surface area (Å²) in [5.41, 5.74) is -1.19. The molecule has 0 heterocycles. The Kier molecular flexibility index (Phi) is 12.3. The molecule has 0 saturated carbocycles. The highest BCUT2D eigenvalue weighted by molar-refractivity contribution is 5.73. The van der Waals surface area contributed by atoms with Gasteiger partial charge in [-0.1, -0.05) is 50.7 Å². The maximum atomic E-state index is 11.0. The van der Waals surface area contributed by atoms with Gasteiger partial charge in [0.2, 0.25) is 0 Å². The monoisotopic (exact) mass is 368 g/mol. The number of hydrogen-bond acceptors (Lipinski definition) is 2. The van der Waals surface area contributed by atoms with E-state index in [1.54, 1.807) is 27.7 Å². The molecule has 4 heteroatoms. The molecule has 2 N–H and O–H groups in total. The van der Waals surface area contributed by atoms with Crippen LogP contribution in [0.3, 0.4) is 0 Å². The number of carbonyl (C=O) groups is 2. The van der Waals surface area contributed by atoms with Crippen LogP contribution in [0.2, 0.25) is 0 Å². The van der Waals surface area contributed by atoms with E-state index in [2.05, 4.69) is 12.2 Å². The molecule has 0 fully saturated rings. The van der Waals surface area contributed by atoms with E-state index in [9.17, 15) is 9.59 Å². The molecule has 0 aliphatic carbocycles. The molecule has 0 bridgehead atoms. The summed E-state index contributed by atoms with van der Waals surface area (Å²) in [5, 5.41) is 18.1. The van der Waals surface area contributed by atoms with Gasteiger partial charge in [0.15, 0.2) is 0 Å². The number of carboxylic acids is 2. The van der Waals surface area contributed by atoms with E-state index < -0.39 is 22.8 Å². The first kappa shape index (κ1) is 24.7. The van der Waals surface area contributed by atoms with Crippen LogP contribution in [-0.4, -0.2) is 22.2 Å². The first-order chi connectivity index (χ1) is 12.1. The standard InChI is InChI=1S/C22H40O4/c1-21(2,19(23)24)17-15-13-11-9-7-5-6-8-10-12-14-16-18-22(3,4)20(25)26/h5-6H,7-18H2,1-4H3,(H,23,24)(H,25,26)/b6-5+. The van der Waals surface area contributed by atoms with E-state index in [-0.39, 0.29) is 0 Å². The minimum Gasteiger partial charge on any atom is -0.481 e. The summed E-state index contributed by atoms with van der Waals surface area (Å²) >= 11 is 0. The van der Waals surface area contributed by atoms with Crippen LogP contribution in [0.1, 0.15) is 105 Å². The second-order valence-electron chi connectivity index (χ2n) is 8.76. The second kappa shape index (κ2) is 12.9. The van der Waals surface area contributed by atoms with Crippen molar-refractivity contribution in [3.05, 3.63) is 12.2 Å². The van der Waals surface area contributed by atoms with Crippen LogP contribution in [-0.2, 0) is 9.59 Å². The van der Waals surface area contributed by atoms with Crippen molar-refractivity contribution in [1.29, 1.82) is 0 Å². The van der Waals surface area contributed by atoms with Gasteiger partial charge in [0.05, 0.1) is 10.8 Å². The normalized spacial score (nSPS) is 12.6. The van der Waals surface area contributed by atoms with Gasteiger partial charge in [-0.05, 0) is 66.2 Å². The molecule has 0 aliphatic rings. The zero-order valence-corrected chi connectivity index (χ0v) is 17.4. The Balaban J connectivity index is 3.45. The van der Waals surface area contributed by atoms with Crippen LogP contribution in [0, 0.1) is 10.8 Å². The molecule has 0 rings (SSSR count). The first-order valence-electron chi connectivity index (χ1n) is 10.2. The van der Waals surface area contributed by atoms with Gasteiger partial charge in [-0.25, -0.2) is 0 Å². The largest absolute Gasteiger partial charge is 0.481 e. The lowest BCUT2D eigenvalue weighted by molar-refractivity contribution is -0.148. The van der Waals surface area contributed by atoms with E-state index in [1.165, 1.54) is 25.7 Å². The van der Waals surface area contributed by atoms with Crippen LogP contribution in [0.5, 0.6) is 0 Å². The van der Waals surface area contributed by atoms with Gasteiger partial charge in [0, 0.05) is 0 Å². The van der Waals surface area contributed by atoms with Crippen molar-refractivity contribution in [2.45, 2.75) is 105 Å². The maximum Gasteiger partial charge on any atom is 0.309 e. The molecule has 0 amide bonds. The zero-order valence-electron chi connectivity index (χ0n) is 17.4. The van der Waals surface area contributed by atoms with Gasteiger partial charge in [-0.15, -0.1) is 0 Å². The molecule has 0 aromatic heterocycles. The van der Waals surface area contributed by atoms with Crippen molar-refractivity contribution in [1.82, 2.24) is 0 Å². The topological polar surface area (TPSA) is 74.6 Å². The summed E-state index contributed by atoms with van der Waals surface area (Å²) in [6.45, 7) is 7.19. The quantitative estimate of drug-likeness (QED) is 0.243. The number of allylic oxidation sites excluding steroid dienone is 2. The molecule has 0 aromatic carbocycles. The summed E-state index contributed by atoms with van der Waals surface area (Å²) < 4.78 is 0. The molecule has 0 radical (unpaired) electrons. The third kappa shape index (κ3) is 12.1. The molecule has 0 aliphatic heterocycles. The van der Waals surface area contributed by atoms with Gasteiger partial charge < -0.3 is 10.2 Å². The Hall–Kier alpha value is -1.32. The molecule has 152 valence electrons. The van der Waals surface area contributed by atoms with E-state index in [4.69, 9.17) is 10.2 Å². The third-order valence-electron chi connectivity index (χ3n) is 5.17. The Labute approximate surface area is 160 Å². The summed E-state index contributed by atoms with van der Waals surface area (Å²) in [5.74, 6) is -1.41. The molecule has 26 heavy (non-hydrogen) atoms. The molecule has 4 nitrogen and oxygen atoms in total. The molecule has 0 unspecified atom stereocenters. The van der Waals surface area contributed by atoms with Crippen molar-refractivity contribution in [3.8, 4) is 0 Å². The lowest BCUT2D eigenvalue weighted by Gasteiger charge is -2.18. The van der Waals surface area contributed by atoms with E-state index >= 15 is 0 Å². The van der Waals surface area contributed by atoms with Crippen LogP contribution in [0.4, 0.5) is 0 Å². The maximum absolute atomic E-state index is 11.0. The van der Waals surface area contributed by atoms with Gasteiger partial charge in [-0.2, -0.15) is 0 Å². The van der Waals surface area contributed by atoms with E-state index in [0.717, 1.165) is 51.4 Å². The SMILES string of the molecule is CC(C)(CCCCCC/C=C/CCCCCCC(C)(C)C(=O)O)C(=O)O. The lowest BCUT2D eigenvalue weighted by Crippen LogP contribution is -2.23. The predicted molar refractivity (Wildman–Crippen MR) is 107 cm³/mol. The molecular formula is C22H40O4.